The lowest BCUT2D eigenvalue weighted by Crippen LogP contribution is -2.08. The zero-order valence-corrected chi connectivity index (χ0v) is 15.9. The van der Waals surface area contributed by atoms with Crippen molar-refractivity contribution in [2.75, 3.05) is 5.73 Å². The summed E-state index contributed by atoms with van der Waals surface area (Å²) in [5.41, 5.74) is 8.53. The predicted octanol–water partition coefficient (Wildman–Crippen LogP) is 1.63. The minimum absolute atomic E-state index is 0.0899. The molecule has 5 aromatic rings. The minimum atomic E-state index is -2.85. The van der Waals surface area contributed by atoms with Crippen LogP contribution in [0, 0.1) is 0 Å². The van der Waals surface area contributed by atoms with E-state index >= 15 is 0 Å². The van der Waals surface area contributed by atoms with E-state index in [2.05, 4.69) is 40.7 Å². The van der Waals surface area contributed by atoms with E-state index in [0.717, 1.165) is 16.6 Å². The first-order valence-corrected chi connectivity index (χ1v) is 8.91. The van der Waals surface area contributed by atoms with E-state index < -0.39 is 12.3 Å². The molecule has 31 heavy (non-hydrogen) atoms. The highest BCUT2D eigenvalue weighted by Gasteiger charge is 2.18. The zero-order chi connectivity index (χ0) is 21.5. The van der Waals surface area contributed by atoms with Crippen molar-refractivity contribution >= 4 is 17.0 Å². The van der Waals surface area contributed by atoms with Crippen molar-refractivity contribution in [3.63, 3.8) is 0 Å². The topological polar surface area (TPSA) is 152 Å². The third-order valence-corrected chi connectivity index (χ3v) is 4.58. The third-order valence-electron chi connectivity index (χ3n) is 4.58. The molecule has 0 saturated heterocycles. The van der Waals surface area contributed by atoms with E-state index in [9.17, 15) is 8.78 Å². The van der Waals surface area contributed by atoms with E-state index in [4.69, 9.17) is 10.2 Å². The van der Waals surface area contributed by atoms with Gasteiger partial charge < -0.3 is 14.7 Å². The van der Waals surface area contributed by atoms with Crippen LogP contribution in [0.25, 0.3) is 33.9 Å². The van der Waals surface area contributed by atoms with Gasteiger partial charge in [0.15, 0.2) is 5.82 Å². The van der Waals surface area contributed by atoms with Crippen LogP contribution in [0.4, 0.5) is 14.7 Å². The number of hydrogen-bond donors (Lipinski definition) is 1. The zero-order valence-electron chi connectivity index (χ0n) is 15.9. The molecule has 5 rings (SSSR count). The largest absolute Gasteiger partial charge is 0.415 e. The third kappa shape index (κ3) is 3.33. The first kappa shape index (κ1) is 18.7. The van der Waals surface area contributed by atoms with Crippen molar-refractivity contribution < 1.29 is 13.2 Å². The molecule has 2 N–H and O–H groups in total. The van der Waals surface area contributed by atoms with Crippen molar-refractivity contribution in [1.29, 1.82) is 0 Å². The average molecular weight is 425 g/mol. The number of anilines is 1. The highest BCUT2D eigenvalue weighted by Crippen LogP contribution is 2.24. The van der Waals surface area contributed by atoms with Gasteiger partial charge in [0.25, 0.3) is 11.8 Å². The number of tetrazole rings is 1. The number of nitrogens with zero attached hydrogens (tertiary/aromatic N) is 10. The van der Waals surface area contributed by atoms with Gasteiger partial charge in [-0.15, -0.1) is 15.3 Å². The number of hydrogen-bond acceptors (Lipinski definition) is 10. The molecule has 0 bridgehead atoms. The van der Waals surface area contributed by atoms with Crippen molar-refractivity contribution in [2.45, 2.75) is 13.0 Å². The number of nitrogens with two attached hydrogens (primary N) is 1. The number of aryl methyl sites for hydroxylation is 1. The van der Waals surface area contributed by atoms with Gasteiger partial charge in [-0.2, -0.15) is 8.78 Å². The molecule has 1 aromatic carbocycles. The molecule has 12 nitrogen and oxygen atoms in total. The van der Waals surface area contributed by atoms with Crippen LogP contribution in [0.3, 0.4) is 0 Å². The minimum Gasteiger partial charge on any atom is -0.415 e. The molecule has 156 valence electrons. The molecule has 4 aromatic heterocycles. The Hall–Kier alpha value is -4.36. The number of halogens is 2. The van der Waals surface area contributed by atoms with Gasteiger partial charge in [-0.05, 0) is 28.6 Å². The van der Waals surface area contributed by atoms with Crippen LogP contribution in [-0.2, 0) is 13.6 Å². The van der Waals surface area contributed by atoms with Crippen LogP contribution in [0.2, 0.25) is 0 Å². The van der Waals surface area contributed by atoms with Gasteiger partial charge in [-0.1, -0.05) is 0 Å². The van der Waals surface area contributed by atoms with Gasteiger partial charge in [0.1, 0.15) is 12.4 Å². The van der Waals surface area contributed by atoms with Crippen LogP contribution < -0.4 is 5.73 Å². The number of alkyl halides is 2. The molecular weight excluding hydrogens is 412 g/mol. The highest BCUT2D eigenvalue weighted by molar-refractivity contribution is 5.82. The molecular formula is C17H13F2N11O. The number of nitrogen functional groups attached to an aromatic ring is 1. The van der Waals surface area contributed by atoms with Gasteiger partial charge in [0.05, 0.1) is 16.6 Å². The summed E-state index contributed by atoms with van der Waals surface area (Å²) in [7, 11) is 1.83. The lowest BCUT2D eigenvalue weighted by Gasteiger charge is -2.04. The van der Waals surface area contributed by atoms with Crippen molar-refractivity contribution in [1.82, 2.24) is 49.9 Å². The van der Waals surface area contributed by atoms with Crippen molar-refractivity contribution in [2.24, 2.45) is 7.05 Å². The monoisotopic (exact) mass is 425 g/mol. The Morgan fingerprint density at radius 2 is 1.90 bits per heavy atom. The molecule has 0 radical (unpaired) electrons. The van der Waals surface area contributed by atoms with Crippen LogP contribution in [0.1, 0.15) is 18.1 Å². The maximum absolute atomic E-state index is 12.6. The molecule has 0 aliphatic carbocycles. The van der Waals surface area contributed by atoms with E-state index in [1.165, 1.54) is 17.1 Å². The van der Waals surface area contributed by atoms with E-state index in [0.29, 0.717) is 23.2 Å². The molecule has 0 amide bonds. The van der Waals surface area contributed by atoms with Crippen LogP contribution in [0.15, 0.2) is 35.0 Å². The molecule has 0 saturated carbocycles. The molecule has 0 aliphatic rings. The lowest BCUT2D eigenvalue weighted by molar-refractivity contribution is 0.116. The summed E-state index contributed by atoms with van der Waals surface area (Å²) in [4.78, 5) is 12.7. The number of fused-ring (bicyclic) bond motifs is 1. The fraction of sp³-hybridized carbons (Fsp3) is 0.176. The standard InChI is InChI=1S/C17H13F2N11O/c1-29-11-3-2-8(4-10(11)23-17(29)20)14-24-27-28-30(14)7-12-21-5-9(6-22-12)15-25-26-16(31-15)13(18)19/h2-6,13H,7H2,1H3,(H2,20,23). The molecule has 14 heteroatoms. The first-order valence-electron chi connectivity index (χ1n) is 8.91. The summed E-state index contributed by atoms with van der Waals surface area (Å²) >= 11 is 0. The molecule has 0 atom stereocenters. The number of imidazole rings is 1. The number of aromatic nitrogens is 10. The lowest BCUT2D eigenvalue weighted by atomic mass is 10.2. The van der Waals surface area contributed by atoms with Gasteiger partial charge in [-0.3, -0.25) is 0 Å². The second kappa shape index (κ2) is 7.16. The maximum atomic E-state index is 12.6. The van der Waals surface area contributed by atoms with Gasteiger partial charge in [0, 0.05) is 25.0 Å². The summed E-state index contributed by atoms with van der Waals surface area (Å²) in [5, 5.41) is 18.7. The summed E-state index contributed by atoms with van der Waals surface area (Å²) in [5.74, 6) is 0.449. The Morgan fingerprint density at radius 3 is 2.65 bits per heavy atom. The first-order chi connectivity index (χ1) is 15.0. The van der Waals surface area contributed by atoms with Crippen molar-refractivity contribution in [3.05, 3.63) is 42.3 Å². The van der Waals surface area contributed by atoms with Crippen LogP contribution in [0.5, 0.6) is 0 Å². The molecule has 0 aliphatic heterocycles. The average Bonchev–Trinajstić information content (AvgIpc) is 3.49. The Kier molecular flexibility index (Phi) is 4.31. The number of rotatable bonds is 5. The fourth-order valence-electron chi connectivity index (χ4n) is 3.00. The maximum Gasteiger partial charge on any atom is 0.314 e. The Bertz CT molecular complexity index is 1370. The Balaban J connectivity index is 1.40. The van der Waals surface area contributed by atoms with E-state index in [1.807, 2.05) is 25.2 Å². The second-order valence-corrected chi connectivity index (χ2v) is 6.53. The van der Waals surface area contributed by atoms with E-state index in [-0.39, 0.29) is 12.4 Å². The summed E-state index contributed by atoms with van der Waals surface area (Å²) in [6, 6.07) is 5.59. The molecule has 0 unspecified atom stereocenters. The fourth-order valence-corrected chi connectivity index (χ4v) is 3.00. The predicted molar refractivity (Wildman–Crippen MR) is 101 cm³/mol. The van der Waals surface area contributed by atoms with Gasteiger partial charge in [0.2, 0.25) is 5.95 Å². The summed E-state index contributed by atoms with van der Waals surface area (Å²) < 4.78 is 33.4. The molecule has 0 spiro atoms. The Morgan fingerprint density at radius 1 is 1.10 bits per heavy atom. The molecule has 0 fully saturated rings. The van der Waals surface area contributed by atoms with Gasteiger partial charge in [-0.25, -0.2) is 19.6 Å². The Labute approximate surface area is 171 Å². The summed E-state index contributed by atoms with van der Waals surface area (Å²) in [6.07, 6.45) is -0.0446. The SMILES string of the molecule is Cn1c(N)nc2cc(-c3nnnn3Cc3ncc(-c4nnc(C(F)F)o4)cn3)ccc21. The second-order valence-electron chi connectivity index (χ2n) is 6.53. The van der Waals surface area contributed by atoms with Crippen LogP contribution in [-0.4, -0.2) is 49.9 Å². The van der Waals surface area contributed by atoms with Crippen LogP contribution >= 0.6 is 0 Å². The quantitative estimate of drug-likeness (QED) is 0.440. The molecule has 4 heterocycles. The number of benzene rings is 1. The van der Waals surface area contributed by atoms with Gasteiger partial charge >= 0.3 is 6.43 Å². The normalized spacial score (nSPS) is 11.6. The highest BCUT2D eigenvalue weighted by atomic mass is 19.3. The van der Waals surface area contributed by atoms with Crippen molar-refractivity contribution in [3.8, 4) is 22.8 Å². The van der Waals surface area contributed by atoms with E-state index in [1.54, 1.807) is 4.57 Å². The summed E-state index contributed by atoms with van der Waals surface area (Å²) in [6.45, 7) is 0.178. The smallest absolute Gasteiger partial charge is 0.314 e.